The van der Waals surface area contributed by atoms with Crippen LogP contribution in [0, 0.1) is 23.3 Å². The van der Waals surface area contributed by atoms with Gasteiger partial charge in [0.05, 0.1) is 0 Å². The van der Waals surface area contributed by atoms with Crippen LogP contribution in [0.4, 0.5) is 17.6 Å². The van der Waals surface area contributed by atoms with Crippen molar-refractivity contribution >= 4 is 9.84 Å². The zero-order valence-corrected chi connectivity index (χ0v) is 13.8. The van der Waals surface area contributed by atoms with Gasteiger partial charge in [0.15, 0.2) is 23.3 Å². The molecule has 2 aromatic rings. The summed E-state index contributed by atoms with van der Waals surface area (Å²) in [6.07, 6.45) is 2.61. The molecule has 0 radical (unpaired) electrons. The summed E-state index contributed by atoms with van der Waals surface area (Å²) in [5.41, 5.74) is -0.195. The smallest absolute Gasteiger partial charge is 0.212 e. The second kappa shape index (κ2) is 7.23. The maximum atomic E-state index is 14.2. The Kier molecular flexibility index (Phi) is 5.47. The highest BCUT2D eigenvalue weighted by Crippen LogP contribution is 2.30. The number of allylic oxidation sites excluding steroid dienone is 2. The average molecular weight is 370 g/mol. The van der Waals surface area contributed by atoms with Gasteiger partial charge in [-0.25, -0.2) is 26.0 Å². The zero-order valence-electron chi connectivity index (χ0n) is 13.0. The van der Waals surface area contributed by atoms with Gasteiger partial charge in [0, 0.05) is 0 Å². The molecule has 0 saturated carbocycles. The predicted molar refractivity (Wildman–Crippen MR) is 86.0 cm³/mol. The van der Waals surface area contributed by atoms with Crippen LogP contribution in [-0.2, 0) is 22.7 Å². The maximum Gasteiger partial charge on any atom is 0.212 e. The number of halogens is 4. The van der Waals surface area contributed by atoms with Gasteiger partial charge in [0.25, 0.3) is 0 Å². The Labute approximate surface area is 143 Å². The van der Waals surface area contributed by atoms with Crippen LogP contribution < -0.4 is 0 Å². The Balaban J connectivity index is 2.64. The largest absolute Gasteiger partial charge is 0.218 e. The van der Waals surface area contributed by atoms with Crippen LogP contribution in [0.5, 0.6) is 0 Å². The summed E-state index contributed by atoms with van der Waals surface area (Å²) < 4.78 is 81.2. The molecule has 0 unspecified atom stereocenters. The van der Waals surface area contributed by atoms with Crippen LogP contribution in [-0.4, -0.2) is 8.42 Å². The Morgan fingerprint density at radius 2 is 1.08 bits per heavy atom. The molecule has 0 N–H and O–H groups in total. The molecule has 0 spiro atoms. The lowest BCUT2D eigenvalue weighted by Gasteiger charge is -2.11. The second-order valence-corrected chi connectivity index (χ2v) is 7.08. The van der Waals surface area contributed by atoms with Crippen molar-refractivity contribution in [3.8, 4) is 0 Å². The van der Waals surface area contributed by atoms with E-state index in [1.165, 1.54) is 12.2 Å². The van der Waals surface area contributed by atoms with E-state index in [2.05, 4.69) is 13.2 Å². The highest BCUT2D eigenvalue weighted by Gasteiger charge is 2.30. The Morgan fingerprint density at radius 1 is 0.720 bits per heavy atom. The summed E-state index contributed by atoms with van der Waals surface area (Å²) in [5, 5.41) is 0. The standard InChI is InChI=1S/C18H14F4O2S/c1-3-5-11-7-9-13(17(21)15(11)19)25(23,24)14-10-8-12(6-4-2)16(20)18(14)22/h3-4,7-10H,1-2,5-6H2. The van der Waals surface area contributed by atoms with Crippen molar-refractivity contribution in [2.24, 2.45) is 0 Å². The molecule has 2 aromatic carbocycles. The average Bonchev–Trinajstić information content (AvgIpc) is 2.56. The van der Waals surface area contributed by atoms with Gasteiger partial charge in [0.1, 0.15) is 9.79 Å². The Bertz CT molecular complexity index is 879. The van der Waals surface area contributed by atoms with Crippen molar-refractivity contribution in [1.82, 2.24) is 0 Å². The summed E-state index contributed by atoms with van der Waals surface area (Å²) in [6.45, 7) is 6.77. The van der Waals surface area contributed by atoms with Gasteiger partial charge < -0.3 is 0 Å². The molecule has 0 aromatic heterocycles. The van der Waals surface area contributed by atoms with Crippen LogP contribution in [0.2, 0.25) is 0 Å². The maximum absolute atomic E-state index is 14.2. The summed E-state index contributed by atoms with van der Waals surface area (Å²) in [4.78, 5) is -2.12. The van der Waals surface area contributed by atoms with Gasteiger partial charge in [-0.05, 0) is 36.1 Å². The van der Waals surface area contributed by atoms with E-state index >= 15 is 0 Å². The number of rotatable bonds is 6. The topological polar surface area (TPSA) is 34.1 Å². The molecule has 2 rings (SSSR count). The fourth-order valence-corrected chi connectivity index (χ4v) is 3.69. The molecular weight excluding hydrogens is 356 g/mol. The molecule has 7 heteroatoms. The summed E-state index contributed by atoms with van der Waals surface area (Å²) >= 11 is 0. The molecule has 0 aliphatic heterocycles. The minimum Gasteiger partial charge on any atom is -0.218 e. The van der Waals surface area contributed by atoms with Gasteiger partial charge >= 0.3 is 0 Å². The Hall–Kier alpha value is -2.41. The van der Waals surface area contributed by atoms with Crippen LogP contribution >= 0.6 is 0 Å². The summed E-state index contributed by atoms with van der Waals surface area (Å²) in [6, 6.07) is 3.77. The third kappa shape index (κ3) is 3.37. The lowest BCUT2D eigenvalue weighted by molar-refractivity contribution is 0.469. The third-order valence-corrected chi connectivity index (χ3v) is 5.35. The summed E-state index contributed by atoms with van der Waals surface area (Å²) in [5.74, 6) is -6.03. The minimum atomic E-state index is -4.79. The highest BCUT2D eigenvalue weighted by atomic mass is 32.2. The van der Waals surface area contributed by atoms with E-state index in [4.69, 9.17) is 0 Å². The molecule has 0 aliphatic carbocycles. The van der Waals surface area contributed by atoms with Crippen molar-refractivity contribution in [3.63, 3.8) is 0 Å². The van der Waals surface area contributed by atoms with E-state index < -0.39 is 42.9 Å². The number of hydrogen-bond acceptors (Lipinski definition) is 2. The molecule has 25 heavy (non-hydrogen) atoms. The molecule has 132 valence electrons. The van der Waals surface area contributed by atoms with Gasteiger partial charge in [-0.15, -0.1) is 13.2 Å². The van der Waals surface area contributed by atoms with Gasteiger partial charge in [-0.2, -0.15) is 0 Å². The normalized spacial score (nSPS) is 11.4. The van der Waals surface area contributed by atoms with Crippen LogP contribution in [0.15, 0.2) is 59.4 Å². The van der Waals surface area contributed by atoms with Crippen molar-refractivity contribution in [1.29, 1.82) is 0 Å². The van der Waals surface area contributed by atoms with E-state index in [0.717, 1.165) is 24.3 Å². The molecular formula is C18H14F4O2S. The van der Waals surface area contributed by atoms with E-state index in [0.29, 0.717) is 0 Å². The fraction of sp³-hybridized carbons (Fsp3) is 0.111. The van der Waals surface area contributed by atoms with Crippen molar-refractivity contribution in [2.75, 3.05) is 0 Å². The Morgan fingerprint density at radius 3 is 1.40 bits per heavy atom. The lowest BCUT2D eigenvalue weighted by atomic mass is 10.1. The van der Waals surface area contributed by atoms with Crippen molar-refractivity contribution in [3.05, 3.63) is 84.0 Å². The molecule has 0 atom stereocenters. The number of benzene rings is 2. The molecule has 2 nitrogen and oxygen atoms in total. The first-order valence-corrected chi connectivity index (χ1v) is 8.64. The quantitative estimate of drug-likeness (QED) is 0.553. The van der Waals surface area contributed by atoms with E-state index in [1.807, 2.05) is 0 Å². The first kappa shape index (κ1) is 18.9. The van der Waals surface area contributed by atoms with Crippen LogP contribution in [0.3, 0.4) is 0 Å². The first-order chi connectivity index (χ1) is 11.8. The summed E-state index contributed by atoms with van der Waals surface area (Å²) in [7, 11) is -4.79. The van der Waals surface area contributed by atoms with E-state index in [1.54, 1.807) is 0 Å². The SMILES string of the molecule is C=CCc1ccc(S(=O)(=O)c2ccc(CC=C)c(F)c2F)c(F)c1F. The molecule has 0 amide bonds. The third-order valence-electron chi connectivity index (χ3n) is 3.56. The molecule has 0 saturated heterocycles. The lowest BCUT2D eigenvalue weighted by Crippen LogP contribution is -2.11. The van der Waals surface area contributed by atoms with Crippen LogP contribution in [0.1, 0.15) is 11.1 Å². The number of hydrogen-bond donors (Lipinski definition) is 0. The predicted octanol–water partition coefficient (Wildman–Crippen LogP) is 4.53. The van der Waals surface area contributed by atoms with Crippen molar-refractivity contribution in [2.45, 2.75) is 22.6 Å². The second-order valence-electron chi connectivity index (χ2n) is 5.19. The van der Waals surface area contributed by atoms with Crippen LogP contribution in [0.25, 0.3) is 0 Å². The number of sulfone groups is 1. The highest BCUT2D eigenvalue weighted by molar-refractivity contribution is 7.91. The fourth-order valence-electron chi connectivity index (χ4n) is 2.30. The first-order valence-electron chi connectivity index (χ1n) is 7.16. The molecule has 0 fully saturated rings. The molecule has 0 aliphatic rings. The van der Waals surface area contributed by atoms with E-state index in [9.17, 15) is 26.0 Å². The molecule has 0 bridgehead atoms. The molecule has 0 heterocycles. The minimum absolute atomic E-state index is 0.0116. The van der Waals surface area contributed by atoms with Gasteiger partial charge in [0.2, 0.25) is 9.84 Å². The van der Waals surface area contributed by atoms with Crippen molar-refractivity contribution < 1.29 is 26.0 Å². The van der Waals surface area contributed by atoms with Gasteiger partial charge in [-0.1, -0.05) is 24.3 Å². The van der Waals surface area contributed by atoms with Gasteiger partial charge in [-0.3, -0.25) is 0 Å². The zero-order chi connectivity index (χ0) is 18.8. The van der Waals surface area contributed by atoms with E-state index in [-0.39, 0.29) is 24.0 Å². The monoisotopic (exact) mass is 370 g/mol.